The Bertz CT molecular complexity index is 981. The predicted molar refractivity (Wildman–Crippen MR) is 112 cm³/mol. The molecule has 1 aliphatic carbocycles. The number of nitrogens with one attached hydrogen (secondary N) is 2. The van der Waals surface area contributed by atoms with Crippen LogP contribution in [0.5, 0.6) is 0 Å². The van der Waals surface area contributed by atoms with Crippen molar-refractivity contribution in [1.29, 1.82) is 5.41 Å². The number of amides is 3. The standard InChI is InChI=1S/C19H19BrFN5O2S/c1-11-23-15(16(20)29-11)17(27)26-8-2-7-19(26)9-14(19)24-18(28)25(10-22)13-5-3-12(21)4-6-13/h3-6,10,14,22H,2,7-9H2,1H3,(H,24,28)/t14?,19-/m0/s1. The van der Waals surface area contributed by atoms with Gasteiger partial charge in [-0.05, 0) is 66.4 Å². The summed E-state index contributed by atoms with van der Waals surface area (Å²) in [6.45, 7) is 2.48. The summed E-state index contributed by atoms with van der Waals surface area (Å²) in [7, 11) is 0. The van der Waals surface area contributed by atoms with Gasteiger partial charge in [-0.25, -0.2) is 14.2 Å². The highest BCUT2D eigenvalue weighted by molar-refractivity contribution is 9.11. The van der Waals surface area contributed by atoms with Gasteiger partial charge in [0.05, 0.1) is 28.6 Å². The first-order valence-electron chi connectivity index (χ1n) is 9.16. The van der Waals surface area contributed by atoms with Gasteiger partial charge in [0.2, 0.25) is 0 Å². The molecule has 7 nitrogen and oxygen atoms in total. The third-order valence-corrected chi connectivity index (χ3v) is 7.09. The topological polar surface area (TPSA) is 89.4 Å². The van der Waals surface area contributed by atoms with E-state index in [1.807, 2.05) is 11.8 Å². The van der Waals surface area contributed by atoms with Crippen LogP contribution in [-0.4, -0.2) is 46.3 Å². The van der Waals surface area contributed by atoms with Gasteiger partial charge in [-0.2, -0.15) is 0 Å². The van der Waals surface area contributed by atoms with E-state index in [0.29, 0.717) is 24.3 Å². The number of hydrogen-bond acceptors (Lipinski definition) is 5. The molecule has 2 N–H and O–H groups in total. The first-order valence-corrected chi connectivity index (χ1v) is 10.8. The van der Waals surface area contributed by atoms with E-state index in [4.69, 9.17) is 5.41 Å². The highest BCUT2D eigenvalue weighted by atomic mass is 79.9. The van der Waals surface area contributed by atoms with Crippen LogP contribution in [0.15, 0.2) is 28.1 Å². The molecule has 4 rings (SSSR count). The zero-order valence-electron chi connectivity index (χ0n) is 15.6. The van der Waals surface area contributed by atoms with Crippen molar-refractivity contribution < 1.29 is 14.0 Å². The summed E-state index contributed by atoms with van der Waals surface area (Å²) < 4.78 is 13.9. The highest BCUT2D eigenvalue weighted by Crippen LogP contribution is 2.50. The minimum atomic E-state index is -0.474. The molecule has 2 aromatic rings. The van der Waals surface area contributed by atoms with Crippen LogP contribution < -0.4 is 10.2 Å². The number of nitrogens with zero attached hydrogens (tertiary/aromatic N) is 3. The van der Waals surface area contributed by atoms with Gasteiger partial charge in [0.15, 0.2) is 5.69 Å². The zero-order valence-corrected chi connectivity index (χ0v) is 18.0. The van der Waals surface area contributed by atoms with Crippen LogP contribution in [0.25, 0.3) is 0 Å². The van der Waals surface area contributed by atoms with Crippen molar-refractivity contribution in [3.63, 3.8) is 0 Å². The molecule has 2 aliphatic rings. The Morgan fingerprint density at radius 3 is 2.79 bits per heavy atom. The zero-order chi connectivity index (χ0) is 20.8. The number of hydrogen-bond donors (Lipinski definition) is 2. The van der Waals surface area contributed by atoms with Crippen molar-refractivity contribution in [3.05, 3.63) is 44.6 Å². The fraction of sp³-hybridized carbons (Fsp3) is 0.368. The maximum atomic E-state index is 13.1. The smallest absolute Gasteiger partial charge is 0.327 e. The molecule has 1 aromatic carbocycles. The van der Waals surface area contributed by atoms with E-state index < -0.39 is 17.4 Å². The van der Waals surface area contributed by atoms with Gasteiger partial charge in [0, 0.05) is 6.54 Å². The lowest BCUT2D eigenvalue weighted by Gasteiger charge is -2.26. The number of halogens is 2. The van der Waals surface area contributed by atoms with Gasteiger partial charge in [0.25, 0.3) is 5.91 Å². The maximum Gasteiger partial charge on any atom is 0.327 e. The number of benzene rings is 1. The minimum Gasteiger partial charge on any atom is -0.332 e. The highest BCUT2D eigenvalue weighted by Gasteiger charge is 2.62. The molecule has 1 aromatic heterocycles. The number of rotatable bonds is 4. The van der Waals surface area contributed by atoms with E-state index >= 15 is 0 Å². The SMILES string of the molecule is Cc1nc(C(=O)N2CCC[C@@]23CC3NC(=O)N(C=N)c2ccc(F)cc2)c(Br)s1. The van der Waals surface area contributed by atoms with Crippen molar-refractivity contribution >= 4 is 51.2 Å². The van der Waals surface area contributed by atoms with Gasteiger partial charge in [-0.1, -0.05) is 0 Å². The van der Waals surface area contributed by atoms with Crippen LogP contribution in [0.4, 0.5) is 14.9 Å². The summed E-state index contributed by atoms with van der Waals surface area (Å²) in [4.78, 5) is 33.0. The fourth-order valence-corrected chi connectivity index (χ4v) is 5.58. The minimum absolute atomic E-state index is 0.127. The average Bonchev–Trinajstić information content (AvgIpc) is 3.01. The van der Waals surface area contributed by atoms with E-state index in [1.165, 1.54) is 35.6 Å². The Balaban J connectivity index is 1.48. The Labute approximate surface area is 179 Å². The molecule has 1 spiro atoms. The lowest BCUT2D eigenvalue weighted by molar-refractivity contribution is 0.0703. The third kappa shape index (κ3) is 3.55. The van der Waals surface area contributed by atoms with E-state index in [0.717, 1.165) is 32.9 Å². The van der Waals surface area contributed by atoms with Gasteiger partial charge in [-0.15, -0.1) is 11.3 Å². The van der Waals surface area contributed by atoms with Crippen LogP contribution >= 0.6 is 27.3 Å². The van der Waals surface area contributed by atoms with Crippen LogP contribution in [-0.2, 0) is 0 Å². The van der Waals surface area contributed by atoms with Crippen LogP contribution in [0, 0.1) is 18.2 Å². The average molecular weight is 480 g/mol. The molecule has 10 heteroatoms. The Hall–Kier alpha value is -2.33. The molecule has 29 heavy (non-hydrogen) atoms. The fourth-order valence-electron chi connectivity index (χ4n) is 3.99. The van der Waals surface area contributed by atoms with E-state index in [-0.39, 0.29) is 11.9 Å². The summed E-state index contributed by atoms with van der Waals surface area (Å²) in [5.41, 5.74) is 0.410. The summed E-state index contributed by atoms with van der Waals surface area (Å²) in [6.07, 6.45) is 3.24. The second-order valence-corrected chi connectivity index (χ2v) is 9.72. The lowest BCUT2D eigenvalue weighted by Crippen LogP contribution is -2.47. The van der Waals surface area contributed by atoms with Crippen molar-refractivity contribution in [2.45, 2.75) is 37.8 Å². The Morgan fingerprint density at radius 2 is 2.17 bits per heavy atom. The first kappa shape index (κ1) is 20.0. The molecule has 0 radical (unpaired) electrons. The quantitative estimate of drug-likeness (QED) is 0.514. The molecule has 1 saturated heterocycles. The predicted octanol–water partition coefficient (Wildman–Crippen LogP) is 3.92. The van der Waals surface area contributed by atoms with Gasteiger partial charge < -0.3 is 10.2 Å². The van der Waals surface area contributed by atoms with Crippen LogP contribution in [0.1, 0.15) is 34.8 Å². The molecule has 0 bridgehead atoms. The second-order valence-electron chi connectivity index (χ2n) is 7.20. The van der Waals surface area contributed by atoms with Crippen molar-refractivity contribution in [2.24, 2.45) is 0 Å². The number of carbonyl (C=O) groups excluding carboxylic acids is 2. The molecule has 2 heterocycles. The van der Waals surface area contributed by atoms with Gasteiger partial charge in [0.1, 0.15) is 9.60 Å². The van der Waals surface area contributed by atoms with Crippen LogP contribution in [0.2, 0.25) is 0 Å². The summed E-state index contributed by atoms with van der Waals surface area (Å²) in [6, 6.07) is 4.69. The summed E-state index contributed by atoms with van der Waals surface area (Å²) in [5.74, 6) is -0.540. The molecule has 3 amide bonds. The number of aryl methyl sites for hydroxylation is 1. The molecule has 1 saturated carbocycles. The normalized spacial score (nSPS) is 22.6. The lowest BCUT2D eigenvalue weighted by atomic mass is 10.2. The maximum absolute atomic E-state index is 13.1. The largest absolute Gasteiger partial charge is 0.332 e. The number of carbonyl (C=O) groups is 2. The Morgan fingerprint density at radius 1 is 1.45 bits per heavy atom. The molecule has 1 aliphatic heterocycles. The summed E-state index contributed by atoms with van der Waals surface area (Å²) in [5, 5.41) is 11.3. The summed E-state index contributed by atoms with van der Waals surface area (Å²) >= 11 is 4.84. The number of thiazole rings is 1. The Kier molecular flexibility index (Phi) is 5.16. The molecule has 2 atom stereocenters. The molecule has 152 valence electrons. The van der Waals surface area contributed by atoms with E-state index in [2.05, 4.69) is 26.2 Å². The van der Waals surface area contributed by atoms with Gasteiger partial charge >= 0.3 is 6.03 Å². The molecule has 2 fully saturated rings. The molecular formula is C19H19BrFN5O2S. The van der Waals surface area contributed by atoms with Crippen molar-refractivity contribution in [3.8, 4) is 0 Å². The number of aromatic nitrogens is 1. The molecule has 1 unspecified atom stereocenters. The third-order valence-electron chi connectivity index (χ3n) is 5.47. The second kappa shape index (κ2) is 7.49. The number of urea groups is 1. The number of anilines is 1. The monoisotopic (exact) mass is 479 g/mol. The first-order chi connectivity index (χ1) is 13.9. The van der Waals surface area contributed by atoms with Crippen molar-refractivity contribution in [1.82, 2.24) is 15.2 Å². The van der Waals surface area contributed by atoms with Crippen molar-refractivity contribution in [2.75, 3.05) is 11.4 Å². The number of likely N-dealkylation sites (tertiary alicyclic amines) is 1. The van der Waals surface area contributed by atoms with E-state index in [9.17, 15) is 14.0 Å². The van der Waals surface area contributed by atoms with Gasteiger partial charge in [-0.3, -0.25) is 15.1 Å². The molecular weight excluding hydrogens is 461 g/mol. The van der Waals surface area contributed by atoms with E-state index in [1.54, 1.807) is 0 Å². The van der Waals surface area contributed by atoms with Crippen LogP contribution in [0.3, 0.4) is 0 Å².